The molecule has 1 saturated heterocycles. The second-order valence-electron chi connectivity index (χ2n) is 7.13. The second-order valence-corrected chi connectivity index (χ2v) is 8.77. The molecule has 176 valence electrons. The Kier molecular flexibility index (Phi) is 8.06. The zero-order valence-corrected chi connectivity index (χ0v) is 18.6. The van der Waals surface area contributed by atoms with Crippen LogP contribution < -0.4 is 4.90 Å². The maximum atomic E-state index is 13.1. The fraction of sp³-hybridized carbons (Fsp3) is 0.611. The fourth-order valence-corrected chi connectivity index (χ4v) is 4.12. The van der Waals surface area contributed by atoms with Crippen molar-refractivity contribution in [1.82, 2.24) is 9.88 Å². The van der Waals surface area contributed by atoms with Crippen LogP contribution in [0.2, 0.25) is 4.34 Å². The van der Waals surface area contributed by atoms with Crippen LogP contribution in [-0.4, -0.2) is 73.4 Å². The largest absolute Gasteiger partial charge is 0.490 e. The van der Waals surface area contributed by atoms with E-state index in [0.29, 0.717) is 30.5 Å². The van der Waals surface area contributed by atoms with Gasteiger partial charge in [0.1, 0.15) is 16.2 Å². The lowest BCUT2D eigenvalue weighted by Crippen LogP contribution is -2.49. The van der Waals surface area contributed by atoms with Crippen LogP contribution in [-0.2, 0) is 19.1 Å². The molecule has 0 spiro atoms. The van der Waals surface area contributed by atoms with Gasteiger partial charge in [0.2, 0.25) is 5.91 Å². The SMILES string of the molecule is C[C@@H](COCCC(=O)N1CCN(c2ncc(Cl)s2)CC1)OC1=CN=NC(=O)C1C(F)(F)F. The third-order valence-electron chi connectivity index (χ3n) is 4.72. The Morgan fingerprint density at radius 1 is 1.34 bits per heavy atom. The van der Waals surface area contributed by atoms with E-state index < -0.39 is 29.9 Å². The van der Waals surface area contributed by atoms with Gasteiger partial charge in [-0.2, -0.15) is 18.3 Å². The summed E-state index contributed by atoms with van der Waals surface area (Å²) in [6.07, 6.45) is -3.10. The second kappa shape index (κ2) is 10.6. The molecule has 2 atom stereocenters. The first-order valence-electron chi connectivity index (χ1n) is 9.75. The zero-order valence-electron chi connectivity index (χ0n) is 17.0. The summed E-state index contributed by atoms with van der Waals surface area (Å²) in [6, 6.07) is 0. The maximum Gasteiger partial charge on any atom is 0.407 e. The molecule has 2 amide bonds. The van der Waals surface area contributed by atoms with Crippen LogP contribution in [0, 0.1) is 5.92 Å². The summed E-state index contributed by atoms with van der Waals surface area (Å²) < 4.78 is 50.4. The Bertz CT molecular complexity index is 886. The van der Waals surface area contributed by atoms with Gasteiger partial charge in [0.15, 0.2) is 11.0 Å². The summed E-state index contributed by atoms with van der Waals surface area (Å²) in [7, 11) is 0. The van der Waals surface area contributed by atoms with E-state index in [1.54, 1.807) is 11.1 Å². The number of rotatable bonds is 8. The van der Waals surface area contributed by atoms with Crippen LogP contribution in [0.1, 0.15) is 13.3 Å². The molecule has 9 nitrogen and oxygen atoms in total. The molecular weight excluding hydrogens is 475 g/mol. The van der Waals surface area contributed by atoms with E-state index in [-0.39, 0.29) is 25.5 Å². The number of carbonyl (C=O) groups excluding carboxylic acids is 2. The minimum atomic E-state index is -4.83. The Hall–Kier alpha value is -2.25. The standard InChI is InChI=1S/C18H21ClF3N5O4S/c1-11(31-12-8-24-25-16(29)15(12)18(20,21)22)10-30-7-2-14(28)26-3-5-27(6-4-26)17-23-9-13(19)32-17/h8-9,11,15H,2-7,10H2,1H3/t11-,15?/m0/s1. The lowest BCUT2D eigenvalue weighted by molar-refractivity contribution is -0.183. The van der Waals surface area contributed by atoms with Gasteiger partial charge in [0, 0.05) is 26.2 Å². The summed E-state index contributed by atoms with van der Waals surface area (Å²) in [4.78, 5) is 31.8. The lowest BCUT2D eigenvalue weighted by atomic mass is 10.1. The zero-order chi connectivity index (χ0) is 23.3. The smallest absolute Gasteiger partial charge is 0.407 e. The van der Waals surface area contributed by atoms with Crippen LogP contribution in [0.3, 0.4) is 0 Å². The van der Waals surface area contributed by atoms with Gasteiger partial charge in [-0.25, -0.2) is 4.98 Å². The van der Waals surface area contributed by atoms with E-state index in [1.165, 1.54) is 18.3 Å². The van der Waals surface area contributed by atoms with Crippen molar-refractivity contribution in [3.8, 4) is 0 Å². The number of anilines is 1. The highest BCUT2D eigenvalue weighted by Gasteiger charge is 2.50. The number of carbonyl (C=O) groups is 2. The number of ether oxygens (including phenoxy) is 2. The van der Waals surface area contributed by atoms with Gasteiger partial charge in [-0.3, -0.25) is 9.59 Å². The maximum absolute atomic E-state index is 13.1. The normalized spacial score (nSPS) is 20.3. The van der Waals surface area contributed by atoms with Crippen LogP contribution in [0.4, 0.5) is 18.3 Å². The predicted octanol–water partition coefficient (Wildman–Crippen LogP) is 3.27. The third kappa shape index (κ3) is 6.39. The lowest BCUT2D eigenvalue weighted by Gasteiger charge is -2.34. The van der Waals surface area contributed by atoms with Gasteiger partial charge in [-0.15, -0.1) is 5.11 Å². The summed E-state index contributed by atoms with van der Waals surface area (Å²) in [5.74, 6) is -4.59. The van der Waals surface area contributed by atoms with Crippen molar-refractivity contribution < 1.29 is 32.2 Å². The van der Waals surface area contributed by atoms with Crippen molar-refractivity contribution in [2.75, 3.05) is 44.3 Å². The quantitative estimate of drug-likeness (QED) is 0.513. The van der Waals surface area contributed by atoms with Crippen molar-refractivity contribution >= 4 is 39.9 Å². The monoisotopic (exact) mass is 495 g/mol. The molecule has 1 unspecified atom stereocenters. The molecule has 32 heavy (non-hydrogen) atoms. The Morgan fingerprint density at radius 3 is 2.69 bits per heavy atom. The number of amides is 2. The molecule has 1 aromatic heterocycles. The summed E-state index contributed by atoms with van der Waals surface area (Å²) in [5.41, 5.74) is 0. The number of hydrogen-bond acceptors (Lipinski definition) is 8. The van der Waals surface area contributed by atoms with E-state index in [4.69, 9.17) is 21.1 Å². The number of thiazole rings is 1. The number of halogens is 4. The topological polar surface area (TPSA) is 96.7 Å². The molecule has 0 saturated carbocycles. The molecule has 1 fully saturated rings. The number of alkyl halides is 3. The molecule has 14 heteroatoms. The van der Waals surface area contributed by atoms with Crippen molar-refractivity contribution in [3.05, 3.63) is 22.5 Å². The van der Waals surface area contributed by atoms with Gasteiger partial charge in [0.05, 0.1) is 32.0 Å². The van der Waals surface area contributed by atoms with Gasteiger partial charge >= 0.3 is 6.18 Å². The van der Waals surface area contributed by atoms with Crippen molar-refractivity contribution in [3.63, 3.8) is 0 Å². The number of aromatic nitrogens is 1. The first-order chi connectivity index (χ1) is 15.1. The minimum absolute atomic E-state index is 0.0564. The molecular formula is C18H21ClF3N5O4S. The Morgan fingerprint density at radius 2 is 2.06 bits per heavy atom. The first kappa shape index (κ1) is 24.4. The number of piperazine rings is 1. The average molecular weight is 496 g/mol. The molecule has 3 heterocycles. The van der Waals surface area contributed by atoms with Gasteiger partial charge in [0.25, 0.3) is 5.91 Å². The number of hydrogen-bond donors (Lipinski definition) is 0. The molecule has 0 aliphatic carbocycles. The molecule has 1 aromatic rings. The highest BCUT2D eigenvalue weighted by Crippen LogP contribution is 2.36. The van der Waals surface area contributed by atoms with Crippen LogP contribution in [0.5, 0.6) is 0 Å². The number of azo groups is 1. The Balaban J connectivity index is 1.36. The average Bonchev–Trinajstić information content (AvgIpc) is 3.16. The predicted molar refractivity (Wildman–Crippen MR) is 109 cm³/mol. The van der Waals surface area contributed by atoms with Crippen LogP contribution in [0.25, 0.3) is 0 Å². The van der Waals surface area contributed by atoms with Crippen LogP contribution >= 0.6 is 22.9 Å². The van der Waals surface area contributed by atoms with E-state index in [1.807, 2.05) is 0 Å². The summed E-state index contributed by atoms with van der Waals surface area (Å²) >= 11 is 7.29. The third-order valence-corrected chi connectivity index (χ3v) is 5.89. The van der Waals surface area contributed by atoms with Gasteiger partial charge < -0.3 is 19.3 Å². The van der Waals surface area contributed by atoms with Crippen molar-refractivity contribution in [1.29, 1.82) is 0 Å². The minimum Gasteiger partial charge on any atom is -0.490 e. The summed E-state index contributed by atoms with van der Waals surface area (Å²) in [6.45, 7) is 3.92. The van der Waals surface area contributed by atoms with Gasteiger partial charge in [-0.05, 0) is 6.92 Å². The highest BCUT2D eigenvalue weighted by atomic mass is 35.5. The molecule has 0 aromatic carbocycles. The summed E-state index contributed by atoms with van der Waals surface area (Å²) in [5, 5.41) is 6.98. The first-order valence-corrected chi connectivity index (χ1v) is 10.9. The van der Waals surface area contributed by atoms with Crippen LogP contribution in [0.15, 0.2) is 28.4 Å². The molecule has 0 bridgehead atoms. The van der Waals surface area contributed by atoms with E-state index in [2.05, 4.69) is 20.1 Å². The van der Waals surface area contributed by atoms with Crippen molar-refractivity contribution in [2.24, 2.45) is 16.1 Å². The molecule has 2 aliphatic heterocycles. The number of nitrogens with zero attached hydrogens (tertiary/aromatic N) is 5. The van der Waals surface area contributed by atoms with E-state index >= 15 is 0 Å². The van der Waals surface area contributed by atoms with E-state index in [9.17, 15) is 22.8 Å². The van der Waals surface area contributed by atoms with Gasteiger partial charge in [-0.1, -0.05) is 22.9 Å². The molecule has 0 N–H and O–H groups in total. The highest BCUT2D eigenvalue weighted by molar-refractivity contribution is 7.19. The fourth-order valence-electron chi connectivity index (χ4n) is 3.17. The molecule has 3 rings (SSSR count). The van der Waals surface area contributed by atoms with Crippen molar-refractivity contribution in [2.45, 2.75) is 25.6 Å². The molecule has 0 radical (unpaired) electrons. The molecule has 2 aliphatic rings. The Labute approximate surface area is 190 Å². The van der Waals surface area contributed by atoms with E-state index in [0.717, 1.165) is 11.3 Å².